The van der Waals surface area contributed by atoms with Crippen LogP contribution in [0.1, 0.15) is 18.4 Å². The van der Waals surface area contributed by atoms with E-state index in [1.54, 1.807) is 0 Å². The third-order valence-corrected chi connectivity index (χ3v) is 7.16. The smallest absolute Gasteiger partial charge is 0.252 e. The molecule has 0 bridgehead atoms. The van der Waals surface area contributed by atoms with Crippen LogP contribution in [0.5, 0.6) is 0 Å². The van der Waals surface area contributed by atoms with E-state index in [1.165, 1.54) is 48.5 Å². The van der Waals surface area contributed by atoms with Gasteiger partial charge in [0, 0.05) is 16.5 Å². The molecule has 0 saturated carbocycles. The van der Waals surface area contributed by atoms with E-state index in [0.29, 0.717) is 10.0 Å². The van der Waals surface area contributed by atoms with Crippen LogP contribution in [-0.4, -0.2) is 20.2 Å². The van der Waals surface area contributed by atoms with Crippen LogP contribution in [-0.2, 0) is 24.2 Å². The van der Waals surface area contributed by atoms with Crippen molar-refractivity contribution in [3.05, 3.63) is 64.1 Å². The lowest BCUT2D eigenvalue weighted by molar-refractivity contribution is -0.135. The van der Waals surface area contributed by atoms with Gasteiger partial charge in [0.25, 0.3) is 5.91 Å². The number of carbonyl (C=O) groups is 2. The average molecular weight is 398 g/mol. The first-order valence-corrected chi connectivity index (χ1v) is 9.62. The Morgan fingerprint density at radius 1 is 0.880 bits per heavy atom. The summed E-state index contributed by atoms with van der Waals surface area (Å²) < 4.78 is 24.8. The van der Waals surface area contributed by atoms with Crippen molar-refractivity contribution in [1.29, 1.82) is 0 Å². The van der Waals surface area contributed by atoms with Crippen LogP contribution in [0, 0.1) is 0 Å². The maximum atomic E-state index is 13.4. The summed E-state index contributed by atoms with van der Waals surface area (Å²) in [5, 5.41) is 2.94. The number of halogens is 2. The molecule has 1 fully saturated rings. The van der Waals surface area contributed by atoms with Gasteiger partial charge < -0.3 is 0 Å². The SMILES string of the molecule is O=C1CCC(c2ccc(Cl)cc2)(S(=O)(=O)c2ccc(Cl)cc2)C(=O)N1. The molecule has 25 heavy (non-hydrogen) atoms. The molecule has 1 N–H and O–H groups in total. The molecule has 130 valence electrons. The molecule has 0 radical (unpaired) electrons. The van der Waals surface area contributed by atoms with Crippen LogP contribution >= 0.6 is 23.2 Å². The number of sulfone groups is 1. The number of imide groups is 1. The van der Waals surface area contributed by atoms with E-state index in [0.717, 1.165) is 0 Å². The van der Waals surface area contributed by atoms with Crippen molar-refractivity contribution >= 4 is 44.9 Å². The Balaban J connectivity index is 2.24. The molecule has 2 aromatic rings. The molecule has 2 aromatic carbocycles. The lowest BCUT2D eigenvalue weighted by Crippen LogP contribution is -2.55. The molecule has 1 aliphatic rings. The zero-order chi connectivity index (χ0) is 18.2. The Morgan fingerprint density at radius 2 is 1.40 bits per heavy atom. The molecular formula is C17H13Cl2NO4S. The predicted octanol–water partition coefficient (Wildman–Crippen LogP) is 3.10. The molecule has 2 amide bonds. The third kappa shape index (κ3) is 2.94. The van der Waals surface area contributed by atoms with E-state index >= 15 is 0 Å². The molecular weight excluding hydrogens is 385 g/mol. The monoisotopic (exact) mass is 397 g/mol. The van der Waals surface area contributed by atoms with Gasteiger partial charge in [0.05, 0.1) is 4.90 Å². The summed E-state index contributed by atoms with van der Waals surface area (Å²) in [5.41, 5.74) is 0.261. The maximum Gasteiger partial charge on any atom is 0.252 e. The van der Waals surface area contributed by atoms with Crippen molar-refractivity contribution in [3.63, 3.8) is 0 Å². The van der Waals surface area contributed by atoms with Gasteiger partial charge in [-0.1, -0.05) is 35.3 Å². The summed E-state index contributed by atoms with van der Waals surface area (Å²) in [6, 6.07) is 11.6. The highest BCUT2D eigenvalue weighted by Crippen LogP contribution is 2.42. The van der Waals surface area contributed by atoms with Crippen molar-refractivity contribution in [2.24, 2.45) is 0 Å². The zero-order valence-electron chi connectivity index (χ0n) is 12.8. The lowest BCUT2D eigenvalue weighted by atomic mass is 9.89. The first-order valence-electron chi connectivity index (χ1n) is 7.38. The number of benzene rings is 2. The first kappa shape index (κ1) is 17.9. The van der Waals surface area contributed by atoms with Gasteiger partial charge in [0.2, 0.25) is 5.91 Å². The average Bonchev–Trinajstić information content (AvgIpc) is 2.56. The lowest BCUT2D eigenvalue weighted by Gasteiger charge is -2.35. The second-order valence-corrected chi connectivity index (χ2v) is 8.72. The second-order valence-electron chi connectivity index (χ2n) is 5.67. The molecule has 1 aliphatic heterocycles. The highest BCUT2D eigenvalue weighted by molar-refractivity contribution is 7.93. The predicted molar refractivity (Wildman–Crippen MR) is 94.2 cm³/mol. The van der Waals surface area contributed by atoms with E-state index in [1.807, 2.05) is 0 Å². The minimum Gasteiger partial charge on any atom is -0.295 e. The van der Waals surface area contributed by atoms with Gasteiger partial charge in [-0.3, -0.25) is 14.9 Å². The molecule has 1 unspecified atom stereocenters. The Bertz CT molecular complexity index is 940. The third-order valence-electron chi connectivity index (χ3n) is 4.22. The van der Waals surface area contributed by atoms with Crippen LogP contribution in [0.25, 0.3) is 0 Å². The van der Waals surface area contributed by atoms with E-state index in [9.17, 15) is 18.0 Å². The molecule has 0 aliphatic carbocycles. The van der Waals surface area contributed by atoms with Crippen molar-refractivity contribution in [2.45, 2.75) is 22.5 Å². The van der Waals surface area contributed by atoms with Gasteiger partial charge in [0.15, 0.2) is 14.6 Å². The molecule has 3 rings (SSSR count). The first-order chi connectivity index (χ1) is 11.8. The summed E-state index contributed by atoms with van der Waals surface area (Å²) in [7, 11) is -4.14. The second kappa shape index (κ2) is 6.44. The number of carbonyl (C=O) groups excluding carboxylic acids is 2. The van der Waals surface area contributed by atoms with Crippen molar-refractivity contribution in [2.75, 3.05) is 0 Å². The van der Waals surface area contributed by atoms with Gasteiger partial charge in [-0.05, 0) is 48.4 Å². The number of nitrogens with one attached hydrogen (secondary N) is 1. The van der Waals surface area contributed by atoms with Crippen molar-refractivity contribution in [1.82, 2.24) is 5.32 Å². The van der Waals surface area contributed by atoms with E-state index < -0.39 is 26.4 Å². The molecule has 8 heteroatoms. The summed E-state index contributed by atoms with van der Waals surface area (Å²) in [5.74, 6) is -1.36. The largest absolute Gasteiger partial charge is 0.295 e. The number of rotatable bonds is 3. The van der Waals surface area contributed by atoms with Gasteiger partial charge in [0.1, 0.15) is 0 Å². The van der Waals surface area contributed by atoms with Crippen molar-refractivity contribution < 1.29 is 18.0 Å². The van der Waals surface area contributed by atoms with Crippen LogP contribution in [0.2, 0.25) is 10.0 Å². The normalized spacial score (nSPS) is 21.0. The fourth-order valence-corrected chi connectivity index (χ4v) is 5.18. The molecule has 1 atom stereocenters. The highest BCUT2D eigenvalue weighted by Gasteiger charge is 2.55. The Labute approximate surface area is 154 Å². The summed E-state index contributed by atoms with van der Waals surface area (Å²) >= 11 is 11.7. The number of piperidine rings is 1. The maximum absolute atomic E-state index is 13.4. The quantitative estimate of drug-likeness (QED) is 0.806. The molecule has 5 nitrogen and oxygen atoms in total. The summed E-state index contributed by atoms with van der Waals surface area (Å²) in [4.78, 5) is 24.3. The number of hydrogen-bond acceptors (Lipinski definition) is 4. The number of hydrogen-bond donors (Lipinski definition) is 1. The summed E-state index contributed by atoms with van der Waals surface area (Å²) in [6.07, 6.45) is -0.231. The molecule has 1 saturated heterocycles. The zero-order valence-corrected chi connectivity index (χ0v) is 15.2. The number of amides is 2. The topological polar surface area (TPSA) is 80.3 Å². The van der Waals surface area contributed by atoms with Crippen LogP contribution in [0.15, 0.2) is 53.4 Å². The highest BCUT2D eigenvalue weighted by atomic mass is 35.5. The fourth-order valence-electron chi connectivity index (χ4n) is 2.91. The van der Waals surface area contributed by atoms with Crippen molar-refractivity contribution in [3.8, 4) is 0 Å². The van der Waals surface area contributed by atoms with Gasteiger partial charge >= 0.3 is 0 Å². The Hall–Kier alpha value is -1.89. The van der Waals surface area contributed by atoms with Gasteiger partial charge in [-0.15, -0.1) is 0 Å². The van der Waals surface area contributed by atoms with Crippen LogP contribution in [0.3, 0.4) is 0 Å². The van der Waals surface area contributed by atoms with E-state index in [-0.39, 0.29) is 23.3 Å². The Morgan fingerprint density at radius 3 is 1.92 bits per heavy atom. The standard InChI is InChI=1S/C17H13Cl2NO4S/c18-12-3-1-11(2-4-12)17(10-9-15(21)20-16(17)22)25(23,24)14-7-5-13(19)6-8-14/h1-8H,9-10H2,(H,20,21,22). The molecule has 0 aromatic heterocycles. The Kier molecular flexibility index (Phi) is 4.62. The van der Waals surface area contributed by atoms with E-state index in [2.05, 4.69) is 5.32 Å². The van der Waals surface area contributed by atoms with E-state index in [4.69, 9.17) is 23.2 Å². The van der Waals surface area contributed by atoms with Crippen LogP contribution < -0.4 is 5.32 Å². The minimum atomic E-state index is -4.14. The molecule has 0 spiro atoms. The van der Waals surface area contributed by atoms with Crippen LogP contribution in [0.4, 0.5) is 0 Å². The fraction of sp³-hybridized carbons (Fsp3) is 0.176. The van der Waals surface area contributed by atoms with Gasteiger partial charge in [-0.25, -0.2) is 8.42 Å². The summed E-state index contributed by atoms with van der Waals surface area (Å²) in [6.45, 7) is 0. The minimum absolute atomic E-state index is 0.0450. The van der Waals surface area contributed by atoms with Gasteiger partial charge in [-0.2, -0.15) is 0 Å². The molecule has 1 heterocycles.